The fourth-order valence-electron chi connectivity index (χ4n) is 2.77. The number of benzene rings is 1. The molecule has 1 aromatic rings. The van der Waals surface area contributed by atoms with Gasteiger partial charge in [0.2, 0.25) is 0 Å². The van der Waals surface area contributed by atoms with E-state index in [0.29, 0.717) is 17.0 Å². The largest absolute Gasteiger partial charge is 0.508 e. The summed E-state index contributed by atoms with van der Waals surface area (Å²) in [5.41, 5.74) is 1.17. The van der Waals surface area contributed by atoms with Gasteiger partial charge in [-0.2, -0.15) is 0 Å². The molecule has 2 unspecified atom stereocenters. The first kappa shape index (κ1) is 12.5. The SMILES string of the molecule is Cc1c(O)cccc1C(=O)NC1CCOC1C1CC1. The lowest BCUT2D eigenvalue weighted by atomic mass is 10.0. The Balaban J connectivity index is 1.72. The number of carbonyl (C=O) groups excluding carboxylic acids is 1. The molecule has 0 bridgehead atoms. The quantitative estimate of drug-likeness (QED) is 0.875. The normalized spacial score (nSPS) is 26.4. The molecular weight excluding hydrogens is 242 g/mol. The van der Waals surface area contributed by atoms with E-state index >= 15 is 0 Å². The number of carbonyl (C=O) groups is 1. The second-order valence-corrected chi connectivity index (χ2v) is 5.49. The average molecular weight is 261 g/mol. The molecule has 102 valence electrons. The Bertz CT molecular complexity index is 496. The van der Waals surface area contributed by atoms with Crippen LogP contribution in [0.25, 0.3) is 0 Å². The highest BCUT2D eigenvalue weighted by molar-refractivity contribution is 5.96. The van der Waals surface area contributed by atoms with Gasteiger partial charge >= 0.3 is 0 Å². The maximum absolute atomic E-state index is 12.3. The van der Waals surface area contributed by atoms with Crippen LogP contribution in [0.3, 0.4) is 0 Å². The van der Waals surface area contributed by atoms with Gasteiger partial charge in [-0.25, -0.2) is 0 Å². The number of hydrogen-bond donors (Lipinski definition) is 2. The number of rotatable bonds is 3. The van der Waals surface area contributed by atoms with Crippen LogP contribution in [0.2, 0.25) is 0 Å². The first-order valence-corrected chi connectivity index (χ1v) is 6.88. The molecule has 2 aliphatic rings. The highest BCUT2D eigenvalue weighted by Gasteiger charge is 2.41. The van der Waals surface area contributed by atoms with E-state index < -0.39 is 0 Å². The van der Waals surface area contributed by atoms with Crippen molar-refractivity contribution in [1.29, 1.82) is 0 Å². The molecule has 1 aliphatic carbocycles. The van der Waals surface area contributed by atoms with Crippen molar-refractivity contribution in [3.8, 4) is 5.75 Å². The molecule has 0 aromatic heterocycles. The van der Waals surface area contributed by atoms with Gasteiger partial charge in [0, 0.05) is 17.7 Å². The van der Waals surface area contributed by atoms with E-state index in [1.165, 1.54) is 12.8 Å². The molecule has 1 aliphatic heterocycles. The lowest BCUT2D eigenvalue weighted by Gasteiger charge is -2.20. The molecular formula is C15H19NO3. The van der Waals surface area contributed by atoms with Crippen molar-refractivity contribution in [2.45, 2.75) is 38.3 Å². The maximum Gasteiger partial charge on any atom is 0.251 e. The second kappa shape index (κ2) is 4.85. The van der Waals surface area contributed by atoms with Crippen molar-refractivity contribution in [2.75, 3.05) is 6.61 Å². The maximum atomic E-state index is 12.3. The number of nitrogens with one attached hydrogen (secondary N) is 1. The van der Waals surface area contributed by atoms with E-state index in [1.54, 1.807) is 25.1 Å². The van der Waals surface area contributed by atoms with Crippen LogP contribution in [-0.2, 0) is 4.74 Å². The fourth-order valence-corrected chi connectivity index (χ4v) is 2.77. The third-order valence-corrected chi connectivity index (χ3v) is 4.09. The van der Waals surface area contributed by atoms with Gasteiger partial charge in [-0.3, -0.25) is 4.79 Å². The van der Waals surface area contributed by atoms with E-state index in [4.69, 9.17) is 4.74 Å². The monoisotopic (exact) mass is 261 g/mol. The minimum Gasteiger partial charge on any atom is -0.508 e. The summed E-state index contributed by atoms with van der Waals surface area (Å²) >= 11 is 0. The second-order valence-electron chi connectivity index (χ2n) is 5.49. The summed E-state index contributed by atoms with van der Waals surface area (Å²) in [6.07, 6.45) is 3.48. The van der Waals surface area contributed by atoms with Gasteiger partial charge in [0.15, 0.2) is 0 Å². The number of ether oxygens (including phenoxy) is 1. The van der Waals surface area contributed by atoms with E-state index in [-0.39, 0.29) is 23.8 Å². The van der Waals surface area contributed by atoms with Crippen LogP contribution in [0, 0.1) is 12.8 Å². The van der Waals surface area contributed by atoms with Crippen molar-refractivity contribution in [2.24, 2.45) is 5.92 Å². The summed E-state index contributed by atoms with van der Waals surface area (Å²) in [6.45, 7) is 2.49. The van der Waals surface area contributed by atoms with E-state index in [2.05, 4.69) is 5.32 Å². The van der Waals surface area contributed by atoms with Gasteiger partial charge in [0.05, 0.1) is 12.1 Å². The van der Waals surface area contributed by atoms with Crippen LogP contribution in [0.5, 0.6) is 5.75 Å². The Morgan fingerprint density at radius 1 is 1.37 bits per heavy atom. The van der Waals surface area contributed by atoms with Gasteiger partial charge in [0.25, 0.3) is 5.91 Å². The molecule has 0 radical (unpaired) electrons. The Kier molecular flexibility index (Phi) is 3.19. The van der Waals surface area contributed by atoms with Gasteiger partial charge < -0.3 is 15.2 Å². The molecule has 2 N–H and O–H groups in total. The minimum atomic E-state index is -0.116. The minimum absolute atomic E-state index is 0.113. The first-order chi connectivity index (χ1) is 9.16. The summed E-state index contributed by atoms with van der Waals surface area (Å²) in [5.74, 6) is 0.668. The predicted molar refractivity (Wildman–Crippen MR) is 71.2 cm³/mol. The van der Waals surface area contributed by atoms with Crippen molar-refractivity contribution in [1.82, 2.24) is 5.32 Å². The molecule has 1 heterocycles. The highest BCUT2D eigenvalue weighted by atomic mass is 16.5. The predicted octanol–water partition coefficient (Wildman–Crippen LogP) is 2.00. The molecule has 2 fully saturated rings. The van der Waals surface area contributed by atoms with E-state index in [1.807, 2.05) is 0 Å². The van der Waals surface area contributed by atoms with Crippen molar-refractivity contribution in [3.05, 3.63) is 29.3 Å². The fraction of sp³-hybridized carbons (Fsp3) is 0.533. The van der Waals surface area contributed by atoms with Crippen molar-refractivity contribution in [3.63, 3.8) is 0 Å². The Morgan fingerprint density at radius 2 is 2.16 bits per heavy atom. The Labute approximate surface area is 112 Å². The number of aromatic hydroxyl groups is 1. The average Bonchev–Trinajstić information content (AvgIpc) is 3.13. The summed E-state index contributed by atoms with van der Waals surface area (Å²) in [4.78, 5) is 12.3. The summed E-state index contributed by atoms with van der Waals surface area (Å²) in [7, 11) is 0. The van der Waals surface area contributed by atoms with Crippen LogP contribution >= 0.6 is 0 Å². The lowest BCUT2D eigenvalue weighted by Crippen LogP contribution is -2.41. The summed E-state index contributed by atoms with van der Waals surface area (Å²) in [6, 6.07) is 5.15. The van der Waals surface area contributed by atoms with Crippen molar-refractivity contribution < 1.29 is 14.6 Å². The zero-order chi connectivity index (χ0) is 13.4. The molecule has 19 heavy (non-hydrogen) atoms. The third-order valence-electron chi connectivity index (χ3n) is 4.09. The van der Waals surface area contributed by atoms with Crippen LogP contribution in [-0.4, -0.2) is 29.8 Å². The van der Waals surface area contributed by atoms with Gasteiger partial charge in [-0.05, 0) is 44.2 Å². The molecule has 4 nitrogen and oxygen atoms in total. The van der Waals surface area contributed by atoms with E-state index in [9.17, 15) is 9.90 Å². The number of hydrogen-bond acceptors (Lipinski definition) is 3. The van der Waals surface area contributed by atoms with Crippen LogP contribution < -0.4 is 5.32 Å². The zero-order valence-corrected chi connectivity index (χ0v) is 11.1. The molecule has 1 saturated heterocycles. The van der Waals surface area contributed by atoms with Crippen LogP contribution in [0.4, 0.5) is 0 Å². The number of phenols is 1. The van der Waals surface area contributed by atoms with Crippen molar-refractivity contribution >= 4 is 5.91 Å². The molecule has 0 spiro atoms. The third kappa shape index (κ3) is 2.45. The molecule has 1 amide bonds. The Hall–Kier alpha value is -1.55. The molecule has 3 rings (SSSR count). The number of phenolic OH excluding ortho intramolecular Hbond substituents is 1. The van der Waals surface area contributed by atoms with Crippen LogP contribution in [0.1, 0.15) is 35.2 Å². The van der Waals surface area contributed by atoms with Gasteiger partial charge in [0.1, 0.15) is 5.75 Å². The Morgan fingerprint density at radius 3 is 2.89 bits per heavy atom. The molecule has 4 heteroatoms. The lowest BCUT2D eigenvalue weighted by molar-refractivity contribution is 0.0729. The molecule has 1 saturated carbocycles. The topological polar surface area (TPSA) is 58.6 Å². The zero-order valence-electron chi connectivity index (χ0n) is 11.1. The van der Waals surface area contributed by atoms with Gasteiger partial charge in [-0.15, -0.1) is 0 Å². The van der Waals surface area contributed by atoms with E-state index in [0.717, 1.165) is 13.0 Å². The molecule has 1 aromatic carbocycles. The number of amides is 1. The van der Waals surface area contributed by atoms with Gasteiger partial charge in [-0.1, -0.05) is 6.07 Å². The van der Waals surface area contributed by atoms with Crippen LogP contribution in [0.15, 0.2) is 18.2 Å². The highest BCUT2D eigenvalue weighted by Crippen LogP contribution is 2.38. The summed E-state index contributed by atoms with van der Waals surface area (Å²) in [5, 5.41) is 12.7. The first-order valence-electron chi connectivity index (χ1n) is 6.88. The molecule has 2 atom stereocenters. The smallest absolute Gasteiger partial charge is 0.251 e. The standard InChI is InChI=1S/C15H19NO3/c1-9-11(3-2-4-13(9)17)15(18)16-12-7-8-19-14(12)10-5-6-10/h2-4,10,12,14,17H,5-8H2,1H3,(H,16,18). The summed E-state index contributed by atoms with van der Waals surface area (Å²) < 4.78 is 5.72.